The molecule has 1 heterocycles. The van der Waals surface area contributed by atoms with Crippen LogP contribution < -0.4 is 5.32 Å². The van der Waals surface area contributed by atoms with Gasteiger partial charge in [0.05, 0.1) is 11.1 Å². The van der Waals surface area contributed by atoms with E-state index >= 15 is 0 Å². The van der Waals surface area contributed by atoms with Gasteiger partial charge in [-0.15, -0.1) is 5.10 Å². The molecule has 0 saturated carbocycles. The molecule has 20 heavy (non-hydrogen) atoms. The van der Waals surface area contributed by atoms with Crippen LogP contribution in [-0.4, -0.2) is 15.5 Å². The van der Waals surface area contributed by atoms with Crippen molar-refractivity contribution in [3.63, 3.8) is 0 Å². The molecule has 1 amide bonds. The van der Waals surface area contributed by atoms with Crippen LogP contribution in [0.2, 0.25) is 0 Å². The molecule has 2 aromatic carbocycles. The van der Waals surface area contributed by atoms with Crippen LogP contribution in [0.15, 0.2) is 60.8 Å². The molecule has 1 N–H and O–H groups in total. The minimum absolute atomic E-state index is 0.113. The van der Waals surface area contributed by atoms with E-state index in [0.717, 1.165) is 16.1 Å². The highest BCUT2D eigenvalue weighted by Crippen LogP contribution is 2.23. The van der Waals surface area contributed by atoms with Gasteiger partial charge in [0.1, 0.15) is 0 Å². The number of nitrogens with one attached hydrogen (secondary N) is 1. The topological polar surface area (TPSA) is 54.9 Å². The predicted octanol–water partition coefficient (Wildman–Crippen LogP) is 3.46. The number of nitrogens with zero attached hydrogens (tertiary/aromatic N) is 2. The van der Waals surface area contributed by atoms with Crippen LogP contribution in [0, 0.1) is 0 Å². The normalized spacial score (nSPS) is 10.2. The van der Waals surface area contributed by atoms with Crippen LogP contribution in [-0.2, 0) is 0 Å². The Hall–Kier alpha value is -2.53. The Morgan fingerprint density at radius 2 is 1.75 bits per heavy atom. The SMILES string of the molecule is O=C(Nc1ccc(-c2cnns2)cc1)c1ccccc1. The molecular formula is C15H11N3OS. The van der Waals surface area contributed by atoms with E-state index in [0.29, 0.717) is 5.56 Å². The summed E-state index contributed by atoms with van der Waals surface area (Å²) in [7, 11) is 0. The minimum atomic E-state index is -0.113. The maximum Gasteiger partial charge on any atom is 0.255 e. The molecule has 0 aliphatic heterocycles. The molecule has 3 aromatic rings. The molecule has 4 nitrogen and oxygen atoms in total. The van der Waals surface area contributed by atoms with Gasteiger partial charge in [0.15, 0.2) is 0 Å². The minimum Gasteiger partial charge on any atom is -0.322 e. The van der Waals surface area contributed by atoms with Crippen molar-refractivity contribution >= 4 is 23.1 Å². The Bertz CT molecular complexity index is 694. The van der Waals surface area contributed by atoms with E-state index in [1.165, 1.54) is 11.5 Å². The summed E-state index contributed by atoms with van der Waals surface area (Å²) in [6, 6.07) is 16.8. The number of carbonyl (C=O) groups excluding carboxylic acids is 1. The van der Waals surface area contributed by atoms with Gasteiger partial charge in [0.25, 0.3) is 5.91 Å². The van der Waals surface area contributed by atoms with Gasteiger partial charge in [-0.05, 0) is 41.4 Å². The fourth-order valence-corrected chi connectivity index (χ4v) is 2.32. The first-order chi connectivity index (χ1) is 9.83. The quantitative estimate of drug-likeness (QED) is 0.800. The fraction of sp³-hybridized carbons (Fsp3) is 0. The number of rotatable bonds is 3. The van der Waals surface area contributed by atoms with Crippen molar-refractivity contribution in [3.8, 4) is 10.4 Å². The third kappa shape index (κ3) is 2.73. The molecule has 0 atom stereocenters. The molecule has 0 saturated heterocycles. The summed E-state index contributed by atoms with van der Waals surface area (Å²) in [6.45, 7) is 0. The molecule has 1 aromatic heterocycles. The van der Waals surface area contributed by atoms with E-state index in [2.05, 4.69) is 14.9 Å². The number of benzene rings is 2. The van der Waals surface area contributed by atoms with Gasteiger partial charge in [-0.3, -0.25) is 4.79 Å². The lowest BCUT2D eigenvalue weighted by Gasteiger charge is -2.05. The average molecular weight is 281 g/mol. The smallest absolute Gasteiger partial charge is 0.255 e. The first kappa shape index (κ1) is 12.5. The zero-order valence-corrected chi connectivity index (χ0v) is 11.3. The number of aromatic nitrogens is 2. The van der Waals surface area contributed by atoms with Crippen LogP contribution in [0.1, 0.15) is 10.4 Å². The summed E-state index contributed by atoms with van der Waals surface area (Å²) in [5, 5.41) is 6.67. The largest absolute Gasteiger partial charge is 0.322 e. The Morgan fingerprint density at radius 3 is 2.40 bits per heavy atom. The van der Waals surface area contributed by atoms with E-state index in [1.54, 1.807) is 18.3 Å². The lowest BCUT2D eigenvalue weighted by atomic mass is 10.1. The highest BCUT2D eigenvalue weighted by Gasteiger charge is 2.05. The van der Waals surface area contributed by atoms with Crippen LogP contribution in [0.3, 0.4) is 0 Å². The van der Waals surface area contributed by atoms with Crippen molar-refractivity contribution in [1.29, 1.82) is 0 Å². The van der Waals surface area contributed by atoms with E-state index in [4.69, 9.17) is 0 Å². The molecule has 5 heteroatoms. The molecule has 0 aliphatic rings. The predicted molar refractivity (Wildman–Crippen MR) is 79.7 cm³/mol. The summed E-state index contributed by atoms with van der Waals surface area (Å²) in [6.07, 6.45) is 1.72. The third-order valence-electron chi connectivity index (χ3n) is 2.82. The second-order valence-electron chi connectivity index (χ2n) is 4.18. The molecule has 0 bridgehead atoms. The molecule has 0 aliphatic carbocycles. The molecule has 3 rings (SSSR count). The standard InChI is InChI=1S/C15H11N3OS/c19-15(12-4-2-1-3-5-12)17-13-8-6-11(7-9-13)14-10-16-18-20-14/h1-10H,(H,17,19). The number of amides is 1. The Morgan fingerprint density at radius 1 is 1.00 bits per heavy atom. The summed E-state index contributed by atoms with van der Waals surface area (Å²) in [5.74, 6) is -0.113. The van der Waals surface area contributed by atoms with Crippen molar-refractivity contribution in [1.82, 2.24) is 9.59 Å². The first-order valence-electron chi connectivity index (χ1n) is 6.07. The fourth-order valence-electron chi connectivity index (χ4n) is 1.80. The van der Waals surface area contributed by atoms with E-state index in [9.17, 15) is 4.79 Å². The first-order valence-corrected chi connectivity index (χ1v) is 6.84. The van der Waals surface area contributed by atoms with Crippen LogP contribution in [0.5, 0.6) is 0 Å². The van der Waals surface area contributed by atoms with Gasteiger partial charge in [-0.25, -0.2) is 0 Å². The number of hydrogen-bond acceptors (Lipinski definition) is 4. The second-order valence-corrected chi connectivity index (χ2v) is 4.96. The van der Waals surface area contributed by atoms with Crippen LogP contribution in [0.25, 0.3) is 10.4 Å². The molecular weight excluding hydrogens is 270 g/mol. The maximum absolute atomic E-state index is 12.0. The molecule has 0 radical (unpaired) electrons. The van der Waals surface area contributed by atoms with Gasteiger partial charge in [-0.2, -0.15) is 0 Å². The lowest BCUT2D eigenvalue weighted by Crippen LogP contribution is -2.11. The molecule has 0 fully saturated rings. The summed E-state index contributed by atoms with van der Waals surface area (Å²) >= 11 is 1.34. The van der Waals surface area contributed by atoms with Gasteiger partial charge >= 0.3 is 0 Å². The van der Waals surface area contributed by atoms with Crippen molar-refractivity contribution in [3.05, 3.63) is 66.4 Å². The molecule has 0 unspecified atom stereocenters. The number of hydrogen-bond donors (Lipinski definition) is 1. The third-order valence-corrected chi connectivity index (χ3v) is 3.54. The Kier molecular flexibility index (Phi) is 3.52. The molecule has 0 spiro atoms. The van der Waals surface area contributed by atoms with E-state index < -0.39 is 0 Å². The maximum atomic E-state index is 12.0. The molecule has 98 valence electrons. The second kappa shape index (κ2) is 5.63. The number of carbonyl (C=O) groups is 1. The summed E-state index contributed by atoms with van der Waals surface area (Å²) in [5.41, 5.74) is 2.45. The Balaban J connectivity index is 1.74. The zero-order valence-electron chi connectivity index (χ0n) is 10.5. The van der Waals surface area contributed by atoms with Crippen LogP contribution in [0.4, 0.5) is 5.69 Å². The highest BCUT2D eigenvalue weighted by atomic mass is 32.1. The van der Waals surface area contributed by atoms with E-state index in [-0.39, 0.29) is 5.91 Å². The van der Waals surface area contributed by atoms with Gasteiger partial charge < -0.3 is 5.32 Å². The highest BCUT2D eigenvalue weighted by molar-refractivity contribution is 7.09. The van der Waals surface area contributed by atoms with Crippen molar-refractivity contribution in [2.75, 3.05) is 5.32 Å². The number of anilines is 1. The van der Waals surface area contributed by atoms with Gasteiger partial charge in [-0.1, -0.05) is 34.8 Å². The van der Waals surface area contributed by atoms with Gasteiger partial charge in [0.2, 0.25) is 0 Å². The lowest BCUT2D eigenvalue weighted by molar-refractivity contribution is 0.102. The van der Waals surface area contributed by atoms with Crippen molar-refractivity contribution in [2.24, 2.45) is 0 Å². The van der Waals surface area contributed by atoms with Crippen molar-refractivity contribution in [2.45, 2.75) is 0 Å². The summed E-state index contributed by atoms with van der Waals surface area (Å²) < 4.78 is 3.83. The van der Waals surface area contributed by atoms with Crippen molar-refractivity contribution < 1.29 is 4.79 Å². The van der Waals surface area contributed by atoms with Gasteiger partial charge in [0, 0.05) is 11.3 Å². The average Bonchev–Trinajstić information content (AvgIpc) is 3.03. The Labute approximate surface area is 120 Å². The summed E-state index contributed by atoms with van der Waals surface area (Å²) in [4.78, 5) is 13.0. The van der Waals surface area contributed by atoms with Crippen LogP contribution >= 0.6 is 11.5 Å². The monoisotopic (exact) mass is 281 g/mol. The zero-order chi connectivity index (χ0) is 13.8. The van der Waals surface area contributed by atoms with E-state index in [1.807, 2.05) is 42.5 Å².